The van der Waals surface area contributed by atoms with Gasteiger partial charge in [-0.3, -0.25) is 0 Å². The largest absolute Gasteiger partial charge is 0.460 e. The predicted octanol–water partition coefficient (Wildman–Crippen LogP) is 5.81. The summed E-state index contributed by atoms with van der Waals surface area (Å²) in [5, 5.41) is 0. The van der Waals surface area contributed by atoms with E-state index in [0.29, 0.717) is 6.07 Å². The number of halogens is 9. The van der Waals surface area contributed by atoms with E-state index in [9.17, 15) is 39.5 Å². The summed E-state index contributed by atoms with van der Waals surface area (Å²) < 4.78 is 117. The van der Waals surface area contributed by atoms with E-state index >= 15 is 0 Å². The van der Waals surface area contributed by atoms with Crippen LogP contribution in [-0.2, 0) is 12.3 Å². The van der Waals surface area contributed by atoms with Crippen LogP contribution >= 0.6 is 0 Å². The molecule has 0 aliphatic carbocycles. The van der Waals surface area contributed by atoms with Crippen LogP contribution in [-0.4, -0.2) is 18.0 Å². The van der Waals surface area contributed by atoms with Gasteiger partial charge < -0.3 is 0 Å². The van der Waals surface area contributed by atoms with Crippen LogP contribution in [0.15, 0.2) is 24.3 Å². The fourth-order valence-electron chi connectivity index (χ4n) is 1.99. The lowest BCUT2D eigenvalue weighted by atomic mass is 9.89. The van der Waals surface area contributed by atoms with Crippen LogP contribution in [0.1, 0.15) is 25.0 Å². The van der Waals surface area contributed by atoms with E-state index < -0.39 is 35.1 Å². The molecule has 0 aliphatic rings. The van der Waals surface area contributed by atoms with Crippen LogP contribution in [0.3, 0.4) is 0 Å². The Hall–Kier alpha value is -1.41. The third-order valence-corrected chi connectivity index (χ3v) is 3.13. The molecule has 0 aliphatic heterocycles. The van der Waals surface area contributed by atoms with Gasteiger partial charge in [0.15, 0.2) is 0 Å². The van der Waals surface area contributed by atoms with Crippen molar-refractivity contribution in [1.82, 2.24) is 0 Å². The van der Waals surface area contributed by atoms with E-state index in [4.69, 9.17) is 0 Å². The molecule has 0 N–H and O–H groups in total. The minimum atomic E-state index is -6.88. The average Bonchev–Trinajstić information content (AvgIpc) is 2.36. The summed E-state index contributed by atoms with van der Waals surface area (Å²) in [6.07, 6.45) is -6.99. The van der Waals surface area contributed by atoms with Crippen molar-refractivity contribution in [2.75, 3.05) is 0 Å². The first-order valence-electron chi connectivity index (χ1n) is 6.44. The Morgan fingerprint density at radius 3 is 1.70 bits per heavy atom. The quantitative estimate of drug-likeness (QED) is 0.587. The molecule has 0 fully saturated rings. The second-order valence-corrected chi connectivity index (χ2v) is 5.48. The Kier molecular flexibility index (Phi) is 5.04. The van der Waals surface area contributed by atoms with Crippen molar-refractivity contribution in [1.29, 1.82) is 0 Å². The van der Waals surface area contributed by atoms with Gasteiger partial charge in [0.25, 0.3) is 0 Å². The molecule has 0 heterocycles. The van der Waals surface area contributed by atoms with Crippen LogP contribution in [0, 0.1) is 5.92 Å². The van der Waals surface area contributed by atoms with Crippen LogP contribution in [0.25, 0.3) is 0 Å². The normalized spacial score (nSPS) is 14.4. The van der Waals surface area contributed by atoms with Gasteiger partial charge in [-0.05, 0) is 17.9 Å². The van der Waals surface area contributed by atoms with Crippen molar-refractivity contribution < 1.29 is 39.5 Å². The maximum Gasteiger partial charge on any atom is 0.460 e. The van der Waals surface area contributed by atoms with Crippen molar-refractivity contribution in [2.45, 2.75) is 44.2 Å². The van der Waals surface area contributed by atoms with Gasteiger partial charge in [-0.15, -0.1) is 0 Å². The van der Waals surface area contributed by atoms with E-state index in [2.05, 4.69) is 0 Å². The van der Waals surface area contributed by atoms with Gasteiger partial charge >= 0.3 is 23.9 Å². The first kappa shape index (κ1) is 19.6. The lowest BCUT2D eigenvalue weighted by Gasteiger charge is -2.34. The van der Waals surface area contributed by atoms with Crippen LogP contribution < -0.4 is 0 Å². The van der Waals surface area contributed by atoms with Crippen molar-refractivity contribution >= 4 is 0 Å². The Balaban J connectivity index is 3.47. The number of benzene rings is 1. The van der Waals surface area contributed by atoms with Gasteiger partial charge in [0.2, 0.25) is 0 Å². The van der Waals surface area contributed by atoms with E-state index in [1.54, 1.807) is 13.8 Å². The summed E-state index contributed by atoms with van der Waals surface area (Å²) in [5.41, 5.74) is -1.95. The molecule has 1 rings (SSSR count). The molecule has 1 aromatic carbocycles. The zero-order chi connectivity index (χ0) is 18.3. The fraction of sp³-hybridized carbons (Fsp3) is 0.571. The van der Waals surface area contributed by atoms with Gasteiger partial charge in [0, 0.05) is 5.56 Å². The Labute approximate surface area is 126 Å². The molecule has 9 heteroatoms. The molecule has 0 radical (unpaired) electrons. The molecule has 1 aromatic rings. The summed E-state index contributed by atoms with van der Waals surface area (Å²) in [4.78, 5) is 0. The topological polar surface area (TPSA) is 0 Å². The zero-order valence-corrected chi connectivity index (χ0v) is 12.0. The molecule has 0 amide bonds. The Bertz CT molecular complexity index is 543. The molecular formula is C14H13F9. The third kappa shape index (κ3) is 3.28. The van der Waals surface area contributed by atoms with Gasteiger partial charge in [0.05, 0.1) is 0 Å². The fourth-order valence-corrected chi connectivity index (χ4v) is 1.99. The Morgan fingerprint density at radius 2 is 1.26 bits per heavy atom. The lowest BCUT2D eigenvalue weighted by Crippen LogP contribution is -2.59. The number of rotatable bonds is 5. The molecule has 0 nitrogen and oxygen atoms in total. The van der Waals surface area contributed by atoms with E-state index in [1.165, 1.54) is 6.07 Å². The second kappa shape index (κ2) is 5.90. The summed E-state index contributed by atoms with van der Waals surface area (Å²) in [7, 11) is 0. The molecular weight excluding hydrogens is 339 g/mol. The highest BCUT2D eigenvalue weighted by molar-refractivity contribution is 5.34. The monoisotopic (exact) mass is 352 g/mol. The first-order valence-corrected chi connectivity index (χ1v) is 6.44. The van der Waals surface area contributed by atoms with Crippen molar-refractivity contribution in [3.63, 3.8) is 0 Å². The smallest absolute Gasteiger partial charge is 0.194 e. The first-order chi connectivity index (χ1) is 10.2. The standard InChI is InChI=1S/C14H13F9/c1-8(2)7-9-5-3-4-6-10(9)11(15,16)12(17,18)13(19,20)14(21,22)23/h3-6,8H,7H2,1-2H3. The highest BCUT2D eigenvalue weighted by atomic mass is 19.4. The van der Waals surface area contributed by atoms with E-state index in [0.717, 1.165) is 12.1 Å². The molecule has 0 bridgehead atoms. The summed E-state index contributed by atoms with van der Waals surface area (Å²) in [6, 6.07) is 3.50. The lowest BCUT2D eigenvalue weighted by molar-refractivity contribution is -0.399. The van der Waals surface area contributed by atoms with Gasteiger partial charge in [-0.1, -0.05) is 38.1 Å². The molecule has 132 valence electrons. The van der Waals surface area contributed by atoms with E-state index in [-0.39, 0.29) is 12.3 Å². The van der Waals surface area contributed by atoms with Crippen molar-refractivity contribution in [3.8, 4) is 0 Å². The molecule has 0 saturated carbocycles. The van der Waals surface area contributed by atoms with Gasteiger partial charge in [-0.2, -0.15) is 39.5 Å². The molecule has 0 atom stereocenters. The highest BCUT2D eigenvalue weighted by Gasteiger charge is 2.82. The summed E-state index contributed by atoms with van der Waals surface area (Å²) in [5.74, 6) is -19.5. The molecule has 0 spiro atoms. The van der Waals surface area contributed by atoms with Crippen LogP contribution in [0.2, 0.25) is 0 Å². The maximum absolute atomic E-state index is 13.9. The van der Waals surface area contributed by atoms with Gasteiger partial charge in [-0.25, -0.2) is 0 Å². The summed E-state index contributed by atoms with van der Waals surface area (Å²) >= 11 is 0. The average molecular weight is 352 g/mol. The number of alkyl halides is 9. The Morgan fingerprint density at radius 1 is 0.783 bits per heavy atom. The molecule has 0 saturated heterocycles. The second-order valence-electron chi connectivity index (χ2n) is 5.48. The number of hydrogen-bond donors (Lipinski definition) is 0. The summed E-state index contributed by atoms with van der Waals surface area (Å²) in [6.45, 7) is 3.11. The van der Waals surface area contributed by atoms with Crippen molar-refractivity contribution in [3.05, 3.63) is 35.4 Å². The SMILES string of the molecule is CC(C)Cc1ccccc1C(F)(F)C(F)(F)C(F)(F)C(F)(F)F. The number of hydrogen-bond acceptors (Lipinski definition) is 0. The van der Waals surface area contributed by atoms with Crippen molar-refractivity contribution in [2.24, 2.45) is 5.92 Å². The molecule has 0 aromatic heterocycles. The van der Waals surface area contributed by atoms with Gasteiger partial charge in [0.1, 0.15) is 0 Å². The van der Waals surface area contributed by atoms with E-state index in [1.807, 2.05) is 0 Å². The third-order valence-electron chi connectivity index (χ3n) is 3.13. The minimum absolute atomic E-state index is 0.181. The maximum atomic E-state index is 13.9. The predicted molar refractivity (Wildman–Crippen MR) is 64.8 cm³/mol. The molecule has 23 heavy (non-hydrogen) atoms. The minimum Gasteiger partial charge on any atom is -0.194 e. The zero-order valence-electron chi connectivity index (χ0n) is 12.0. The van der Waals surface area contributed by atoms with Crippen LogP contribution in [0.4, 0.5) is 39.5 Å². The highest BCUT2D eigenvalue weighted by Crippen LogP contribution is 2.57. The van der Waals surface area contributed by atoms with Crippen LogP contribution in [0.5, 0.6) is 0 Å². The molecule has 0 unspecified atom stereocenters.